The van der Waals surface area contributed by atoms with Crippen molar-refractivity contribution in [3.63, 3.8) is 0 Å². The zero-order valence-corrected chi connectivity index (χ0v) is 12.1. The van der Waals surface area contributed by atoms with Crippen LogP contribution < -0.4 is 14.8 Å². The van der Waals surface area contributed by atoms with Crippen LogP contribution in [0.25, 0.3) is 0 Å². The number of halogens is 2. The van der Waals surface area contributed by atoms with Gasteiger partial charge in [0.25, 0.3) is 0 Å². The molecule has 1 amide bonds. The van der Waals surface area contributed by atoms with Crippen LogP contribution in [0, 0.1) is 5.82 Å². The Morgan fingerprint density at radius 1 is 1.23 bits per heavy atom. The van der Waals surface area contributed by atoms with E-state index in [0.29, 0.717) is 22.3 Å². The highest BCUT2D eigenvalue weighted by Crippen LogP contribution is 2.31. The first-order valence-electron chi connectivity index (χ1n) is 6.37. The van der Waals surface area contributed by atoms with Crippen molar-refractivity contribution >= 4 is 17.7 Å². The largest absolute Gasteiger partial charge is 0.490 e. The van der Waals surface area contributed by atoms with Crippen LogP contribution in [0.1, 0.15) is 0 Å². The summed E-state index contributed by atoms with van der Waals surface area (Å²) in [4.78, 5) is 10.3. The number of carbonyl (C=O) groups is 1. The van der Waals surface area contributed by atoms with Crippen molar-refractivity contribution in [2.45, 2.75) is 0 Å². The molecule has 0 aromatic heterocycles. The summed E-state index contributed by atoms with van der Waals surface area (Å²) in [6.45, 7) is 0.295. The number of amides is 1. The van der Waals surface area contributed by atoms with Crippen LogP contribution in [0.3, 0.4) is 0 Å². The first kappa shape index (κ1) is 15.9. The number of benzene rings is 2. The summed E-state index contributed by atoms with van der Waals surface area (Å²) in [5.41, 5.74) is 0. The topological polar surface area (TPSA) is 67.8 Å². The van der Waals surface area contributed by atoms with Gasteiger partial charge in [-0.1, -0.05) is 17.7 Å². The fraction of sp³-hybridized carbons (Fsp3) is 0.133. The van der Waals surface area contributed by atoms with Gasteiger partial charge in [-0.25, -0.2) is 9.18 Å². The van der Waals surface area contributed by atoms with Gasteiger partial charge < -0.3 is 19.9 Å². The summed E-state index contributed by atoms with van der Waals surface area (Å²) in [6.07, 6.45) is -1.12. The summed E-state index contributed by atoms with van der Waals surface area (Å²) in [5, 5.41) is 10.9. The quantitative estimate of drug-likeness (QED) is 0.790. The predicted octanol–water partition coefficient (Wildman–Crippen LogP) is 3.92. The lowest BCUT2D eigenvalue weighted by Gasteiger charge is -2.10. The Hall–Kier alpha value is -2.47. The molecule has 0 spiro atoms. The van der Waals surface area contributed by atoms with Crippen LogP contribution in [-0.4, -0.2) is 24.4 Å². The van der Waals surface area contributed by atoms with Gasteiger partial charge in [0.1, 0.15) is 29.7 Å². The van der Waals surface area contributed by atoms with Crippen molar-refractivity contribution in [2.24, 2.45) is 0 Å². The molecule has 2 rings (SSSR count). The molecule has 0 aliphatic rings. The van der Waals surface area contributed by atoms with Crippen molar-refractivity contribution in [3.05, 3.63) is 53.3 Å². The van der Waals surface area contributed by atoms with E-state index in [1.807, 2.05) is 0 Å². The van der Waals surface area contributed by atoms with Gasteiger partial charge in [-0.15, -0.1) is 0 Å². The molecule has 0 saturated heterocycles. The molecule has 0 fully saturated rings. The highest BCUT2D eigenvalue weighted by atomic mass is 35.5. The van der Waals surface area contributed by atoms with Gasteiger partial charge in [0, 0.05) is 12.1 Å². The minimum absolute atomic E-state index is 0.146. The second-order valence-electron chi connectivity index (χ2n) is 4.23. The average molecular weight is 326 g/mol. The molecule has 0 aliphatic carbocycles. The molecule has 7 heteroatoms. The minimum atomic E-state index is -1.12. The molecular formula is C15H13ClFNO4. The number of hydrogen-bond donors (Lipinski definition) is 2. The maximum Gasteiger partial charge on any atom is 0.404 e. The van der Waals surface area contributed by atoms with Gasteiger partial charge in [0.2, 0.25) is 0 Å². The maximum absolute atomic E-state index is 13.1. The van der Waals surface area contributed by atoms with E-state index >= 15 is 0 Å². The lowest BCUT2D eigenvalue weighted by molar-refractivity contribution is 0.191. The third-order valence-electron chi connectivity index (χ3n) is 2.57. The van der Waals surface area contributed by atoms with Crippen molar-refractivity contribution in [1.29, 1.82) is 0 Å². The molecule has 0 radical (unpaired) electrons. The molecule has 116 valence electrons. The Bertz CT molecular complexity index is 666. The van der Waals surface area contributed by atoms with E-state index in [2.05, 4.69) is 5.32 Å². The zero-order chi connectivity index (χ0) is 15.9. The van der Waals surface area contributed by atoms with Gasteiger partial charge >= 0.3 is 6.09 Å². The number of nitrogens with one attached hydrogen (secondary N) is 1. The monoisotopic (exact) mass is 325 g/mol. The lowest BCUT2D eigenvalue weighted by atomic mass is 10.3. The Balaban J connectivity index is 1.95. The van der Waals surface area contributed by atoms with E-state index in [9.17, 15) is 9.18 Å². The average Bonchev–Trinajstić information content (AvgIpc) is 2.45. The van der Waals surface area contributed by atoms with Gasteiger partial charge in [0.15, 0.2) is 0 Å². The van der Waals surface area contributed by atoms with Crippen molar-refractivity contribution < 1.29 is 23.8 Å². The van der Waals surface area contributed by atoms with Crippen LogP contribution in [-0.2, 0) is 0 Å². The summed E-state index contributed by atoms with van der Waals surface area (Å²) in [5.74, 6) is 0.803. The summed E-state index contributed by atoms with van der Waals surface area (Å²) >= 11 is 6.05. The molecule has 2 N–H and O–H groups in total. The third-order valence-corrected chi connectivity index (χ3v) is 2.87. The molecule has 0 atom stereocenters. The third kappa shape index (κ3) is 4.82. The second kappa shape index (κ2) is 7.51. The number of rotatable bonds is 6. The molecule has 0 unspecified atom stereocenters. The van der Waals surface area contributed by atoms with Crippen molar-refractivity contribution in [2.75, 3.05) is 13.2 Å². The zero-order valence-electron chi connectivity index (χ0n) is 11.4. The Morgan fingerprint density at radius 3 is 2.68 bits per heavy atom. The summed E-state index contributed by atoms with van der Waals surface area (Å²) in [7, 11) is 0. The van der Waals surface area contributed by atoms with Crippen LogP contribution >= 0.6 is 11.6 Å². The molecule has 2 aromatic rings. The standard InChI is InChI=1S/C15H13ClFNO4/c16-13-9-12(22-11-3-1-2-10(17)8-11)4-5-14(13)21-7-6-18-15(19)20/h1-5,8-9,18H,6-7H2,(H,19,20). The van der Waals surface area contributed by atoms with Crippen LogP contribution in [0.5, 0.6) is 17.2 Å². The van der Waals surface area contributed by atoms with Gasteiger partial charge in [-0.05, 0) is 24.3 Å². The van der Waals surface area contributed by atoms with Gasteiger partial charge in [-0.2, -0.15) is 0 Å². The first-order chi connectivity index (χ1) is 10.5. The van der Waals surface area contributed by atoms with Gasteiger partial charge in [-0.3, -0.25) is 0 Å². The molecule has 0 saturated carbocycles. The fourth-order valence-electron chi connectivity index (χ4n) is 1.65. The molecule has 2 aromatic carbocycles. The Morgan fingerprint density at radius 2 is 2.00 bits per heavy atom. The van der Waals surface area contributed by atoms with Gasteiger partial charge in [0.05, 0.1) is 11.6 Å². The first-order valence-corrected chi connectivity index (χ1v) is 6.75. The van der Waals surface area contributed by atoms with Crippen molar-refractivity contribution in [3.8, 4) is 17.2 Å². The van der Waals surface area contributed by atoms with E-state index in [-0.39, 0.29) is 13.2 Å². The lowest BCUT2D eigenvalue weighted by Crippen LogP contribution is -2.26. The molecule has 22 heavy (non-hydrogen) atoms. The van der Waals surface area contributed by atoms with Crippen LogP contribution in [0.4, 0.5) is 9.18 Å². The summed E-state index contributed by atoms with van der Waals surface area (Å²) < 4.78 is 23.9. The molecular weight excluding hydrogens is 313 g/mol. The smallest absolute Gasteiger partial charge is 0.404 e. The van der Waals surface area contributed by atoms with Crippen LogP contribution in [0.2, 0.25) is 5.02 Å². The highest BCUT2D eigenvalue weighted by molar-refractivity contribution is 6.32. The Kier molecular flexibility index (Phi) is 5.43. The molecule has 5 nitrogen and oxygen atoms in total. The molecule has 0 heterocycles. The van der Waals surface area contributed by atoms with E-state index in [0.717, 1.165) is 0 Å². The number of hydrogen-bond acceptors (Lipinski definition) is 3. The SMILES string of the molecule is O=C(O)NCCOc1ccc(Oc2cccc(F)c2)cc1Cl. The van der Waals surface area contributed by atoms with E-state index < -0.39 is 11.9 Å². The predicted molar refractivity (Wildman–Crippen MR) is 79.4 cm³/mol. The Labute approximate surface area is 131 Å². The van der Waals surface area contributed by atoms with E-state index in [1.165, 1.54) is 18.2 Å². The fourth-order valence-corrected chi connectivity index (χ4v) is 1.87. The van der Waals surface area contributed by atoms with Crippen LogP contribution in [0.15, 0.2) is 42.5 Å². The highest BCUT2D eigenvalue weighted by Gasteiger charge is 2.06. The normalized spacial score (nSPS) is 10.1. The maximum atomic E-state index is 13.1. The van der Waals surface area contributed by atoms with E-state index in [1.54, 1.807) is 24.3 Å². The molecule has 0 bridgehead atoms. The second-order valence-corrected chi connectivity index (χ2v) is 4.64. The van der Waals surface area contributed by atoms with E-state index in [4.69, 9.17) is 26.2 Å². The van der Waals surface area contributed by atoms with Crippen molar-refractivity contribution in [1.82, 2.24) is 5.32 Å². The molecule has 0 aliphatic heterocycles. The summed E-state index contributed by atoms with van der Waals surface area (Å²) in [6, 6.07) is 10.5. The number of carboxylic acid groups (broad SMARTS) is 1. The number of ether oxygens (including phenoxy) is 2. The minimum Gasteiger partial charge on any atom is -0.490 e.